The van der Waals surface area contributed by atoms with Gasteiger partial charge in [-0.1, -0.05) is 0 Å². The lowest BCUT2D eigenvalue weighted by atomic mass is 9.82. The normalized spacial score (nSPS) is 28.8. The molecule has 0 saturated carbocycles. The summed E-state index contributed by atoms with van der Waals surface area (Å²) in [7, 11) is 0. The lowest BCUT2D eigenvalue weighted by Crippen LogP contribution is -2.48. The van der Waals surface area contributed by atoms with Crippen molar-refractivity contribution in [3.05, 3.63) is 0 Å². The second-order valence-electron chi connectivity index (χ2n) is 3.16. The fraction of sp³-hybridized carbons (Fsp3) is 0.750. The Balaban J connectivity index is 3.06. The van der Waals surface area contributed by atoms with E-state index < -0.39 is 30.1 Å². The molecule has 0 N–H and O–H groups in total. The number of nitriles is 1. The van der Waals surface area contributed by atoms with E-state index in [2.05, 4.69) is 15.0 Å². The third-order valence-corrected chi connectivity index (χ3v) is 2.13. The average Bonchev–Trinajstić information content (AvgIpc) is 2.62. The molecule has 0 aliphatic carbocycles. The van der Waals surface area contributed by atoms with Crippen molar-refractivity contribution in [3.8, 4) is 6.07 Å². The molecule has 8 heteroatoms. The van der Waals surface area contributed by atoms with E-state index >= 15 is 0 Å². The minimum Gasteiger partial charge on any atom is -0.465 e. The average molecular weight is 235 g/mol. The minimum atomic E-state index is -4.79. The summed E-state index contributed by atoms with van der Waals surface area (Å²) in [6.07, 6.45) is -4.79. The molecule has 0 aromatic rings. The van der Waals surface area contributed by atoms with Crippen molar-refractivity contribution < 1.29 is 22.7 Å². The highest BCUT2D eigenvalue weighted by atomic mass is 19.4. The van der Waals surface area contributed by atoms with Crippen LogP contribution in [0.25, 0.3) is 0 Å². The molecule has 1 heterocycles. The molecule has 2 unspecified atom stereocenters. The molecule has 0 bridgehead atoms. The first-order chi connectivity index (χ1) is 7.38. The Kier molecular flexibility index (Phi) is 3.16. The second-order valence-corrected chi connectivity index (χ2v) is 3.16. The molecule has 0 aromatic heterocycles. The van der Waals surface area contributed by atoms with Gasteiger partial charge in [-0.25, -0.2) is 0 Å². The van der Waals surface area contributed by atoms with Crippen LogP contribution in [-0.2, 0) is 9.53 Å². The molecule has 1 rings (SSSR count). The second kappa shape index (κ2) is 4.08. The number of hydrogen-bond acceptors (Lipinski definition) is 5. The van der Waals surface area contributed by atoms with Crippen molar-refractivity contribution in [1.29, 1.82) is 5.26 Å². The van der Waals surface area contributed by atoms with Crippen LogP contribution in [0.2, 0.25) is 0 Å². The molecule has 88 valence electrons. The minimum absolute atomic E-state index is 0.104. The number of halogens is 3. The largest absolute Gasteiger partial charge is 0.465 e. The van der Waals surface area contributed by atoms with Gasteiger partial charge in [-0.2, -0.15) is 28.7 Å². The van der Waals surface area contributed by atoms with E-state index in [-0.39, 0.29) is 6.61 Å². The van der Waals surface area contributed by atoms with E-state index in [0.717, 1.165) is 0 Å². The Hall–Kier alpha value is -1.65. The predicted molar refractivity (Wildman–Crippen MR) is 44.2 cm³/mol. The molecule has 16 heavy (non-hydrogen) atoms. The summed E-state index contributed by atoms with van der Waals surface area (Å²) in [6, 6.07) is -1.10. The summed E-state index contributed by atoms with van der Waals surface area (Å²) in [4.78, 5) is 11.4. The van der Waals surface area contributed by atoms with E-state index in [4.69, 9.17) is 5.26 Å². The maximum absolute atomic E-state index is 12.5. The van der Waals surface area contributed by atoms with Crippen molar-refractivity contribution in [3.63, 3.8) is 0 Å². The molecule has 5 nitrogen and oxygen atoms in total. The zero-order valence-electron chi connectivity index (χ0n) is 8.28. The van der Waals surface area contributed by atoms with E-state index in [1.54, 1.807) is 0 Å². The van der Waals surface area contributed by atoms with Crippen LogP contribution >= 0.6 is 0 Å². The molecule has 0 saturated heterocycles. The van der Waals surface area contributed by atoms with Crippen LogP contribution in [-0.4, -0.2) is 31.3 Å². The fourth-order valence-electron chi connectivity index (χ4n) is 1.34. The standard InChI is InChI=1S/C8H8F3N3O2/c1-2-16-6(15)7(3-12)4-13-14-5(7)8(9,10)11/h5H,2,4H2,1H3. The zero-order valence-corrected chi connectivity index (χ0v) is 8.28. The number of ether oxygens (including phenoxy) is 1. The van der Waals surface area contributed by atoms with Crippen LogP contribution in [0, 0.1) is 16.7 Å². The monoisotopic (exact) mass is 235 g/mol. The van der Waals surface area contributed by atoms with Crippen LogP contribution in [0.15, 0.2) is 10.2 Å². The molecule has 1 aliphatic rings. The summed E-state index contributed by atoms with van der Waals surface area (Å²) in [5.74, 6) is -1.23. The lowest BCUT2D eigenvalue weighted by molar-refractivity contribution is -0.180. The first-order valence-corrected chi connectivity index (χ1v) is 4.40. The van der Waals surface area contributed by atoms with Gasteiger partial charge in [0.25, 0.3) is 0 Å². The number of carbonyl (C=O) groups excluding carboxylic acids is 1. The smallest absolute Gasteiger partial charge is 0.414 e. The number of rotatable bonds is 2. The molecular formula is C8H8F3N3O2. The Bertz CT molecular complexity index is 361. The van der Waals surface area contributed by atoms with Gasteiger partial charge in [-0.15, -0.1) is 0 Å². The number of hydrogen-bond donors (Lipinski definition) is 0. The number of nitrogens with zero attached hydrogens (tertiary/aromatic N) is 3. The molecule has 0 spiro atoms. The number of azo groups is 1. The molecule has 0 radical (unpaired) electrons. The van der Waals surface area contributed by atoms with Gasteiger partial charge in [0.15, 0.2) is 6.04 Å². The highest BCUT2D eigenvalue weighted by molar-refractivity contribution is 5.82. The van der Waals surface area contributed by atoms with Gasteiger partial charge >= 0.3 is 12.1 Å². The van der Waals surface area contributed by atoms with Crippen LogP contribution in [0.1, 0.15) is 6.92 Å². The third kappa shape index (κ3) is 1.85. The van der Waals surface area contributed by atoms with Crippen LogP contribution in [0.5, 0.6) is 0 Å². The van der Waals surface area contributed by atoms with Gasteiger partial charge in [0.1, 0.15) is 0 Å². The molecular weight excluding hydrogens is 227 g/mol. The summed E-state index contributed by atoms with van der Waals surface area (Å²) in [5, 5.41) is 14.8. The fourth-order valence-corrected chi connectivity index (χ4v) is 1.34. The third-order valence-electron chi connectivity index (χ3n) is 2.13. The van der Waals surface area contributed by atoms with Gasteiger partial charge in [0, 0.05) is 0 Å². The highest BCUT2D eigenvalue weighted by Crippen LogP contribution is 2.41. The highest BCUT2D eigenvalue weighted by Gasteiger charge is 2.62. The quantitative estimate of drug-likeness (QED) is 0.680. The van der Waals surface area contributed by atoms with Crippen LogP contribution in [0.4, 0.5) is 13.2 Å². The zero-order chi connectivity index (χ0) is 12.4. The van der Waals surface area contributed by atoms with Gasteiger partial charge in [0.2, 0.25) is 5.41 Å². The van der Waals surface area contributed by atoms with Crippen LogP contribution < -0.4 is 0 Å². The molecule has 0 fully saturated rings. The van der Waals surface area contributed by atoms with Crippen molar-refractivity contribution in [2.75, 3.05) is 13.2 Å². The van der Waals surface area contributed by atoms with E-state index in [9.17, 15) is 18.0 Å². The van der Waals surface area contributed by atoms with Gasteiger partial charge < -0.3 is 4.74 Å². The Labute approximate surface area is 88.9 Å². The number of carbonyl (C=O) groups is 1. The Morgan fingerprint density at radius 2 is 2.31 bits per heavy atom. The summed E-state index contributed by atoms with van der Waals surface area (Å²) in [5.41, 5.74) is -2.37. The van der Waals surface area contributed by atoms with Crippen molar-refractivity contribution in [2.24, 2.45) is 15.6 Å². The maximum Gasteiger partial charge on any atom is 0.414 e. The number of alkyl halides is 3. The van der Waals surface area contributed by atoms with Gasteiger partial charge in [-0.3, -0.25) is 4.79 Å². The van der Waals surface area contributed by atoms with Gasteiger partial charge in [0.05, 0.1) is 19.2 Å². The molecule has 1 aliphatic heterocycles. The Morgan fingerprint density at radius 3 is 2.75 bits per heavy atom. The van der Waals surface area contributed by atoms with Crippen molar-refractivity contribution in [2.45, 2.75) is 19.1 Å². The molecule has 2 atom stereocenters. The topological polar surface area (TPSA) is 74.8 Å². The van der Waals surface area contributed by atoms with Crippen LogP contribution in [0.3, 0.4) is 0 Å². The first kappa shape index (κ1) is 12.4. The number of esters is 1. The van der Waals surface area contributed by atoms with Crippen molar-refractivity contribution >= 4 is 5.97 Å². The van der Waals surface area contributed by atoms with Crippen molar-refractivity contribution in [1.82, 2.24) is 0 Å². The maximum atomic E-state index is 12.5. The summed E-state index contributed by atoms with van der Waals surface area (Å²) < 4.78 is 42.1. The van der Waals surface area contributed by atoms with E-state index in [1.165, 1.54) is 13.0 Å². The van der Waals surface area contributed by atoms with E-state index in [1.807, 2.05) is 0 Å². The first-order valence-electron chi connectivity index (χ1n) is 4.40. The molecule has 0 amide bonds. The predicted octanol–water partition coefficient (Wildman–Crippen LogP) is 1.46. The summed E-state index contributed by atoms with van der Waals surface area (Å²) in [6.45, 7) is 0.716. The van der Waals surface area contributed by atoms with E-state index in [0.29, 0.717) is 0 Å². The molecule has 0 aromatic carbocycles. The van der Waals surface area contributed by atoms with Gasteiger partial charge in [-0.05, 0) is 6.92 Å². The SMILES string of the molecule is CCOC(=O)C1(C#N)CN=NC1C(F)(F)F. The summed E-state index contributed by atoms with van der Waals surface area (Å²) >= 11 is 0. The lowest BCUT2D eigenvalue weighted by Gasteiger charge is -2.24. The Morgan fingerprint density at radius 1 is 1.69 bits per heavy atom.